The van der Waals surface area contributed by atoms with Crippen molar-refractivity contribution in [2.75, 3.05) is 0 Å². The molecular weight excluding hydrogens is 188 g/mol. The Bertz CT molecular complexity index is 310. The fourth-order valence-electron chi connectivity index (χ4n) is 2.26. The number of nitrogens with one attached hydrogen (secondary N) is 1. The summed E-state index contributed by atoms with van der Waals surface area (Å²) in [5.41, 5.74) is 6.13. The van der Waals surface area contributed by atoms with Crippen LogP contribution in [0.1, 0.15) is 57.1 Å². The molecule has 0 radical (unpaired) electrons. The quantitative estimate of drug-likeness (QED) is 0.729. The van der Waals surface area contributed by atoms with Gasteiger partial charge in [-0.15, -0.1) is 0 Å². The molecule has 1 aliphatic carbocycles. The monoisotopic (exact) mass is 208 g/mol. The van der Waals surface area contributed by atoms with Crippen molar-refractivity contribution in [2.45, 2.75) is 57.4 Å². The normalized spacial score (nSPS) is 21.2. The van der Waals surface area contributed by atoms with E-state index >= 15 is 0 Å². The number of nitrogens with two attached hydrogens (primary N) is 1. The molecule has 0 bridgehead atoms. The minimum Gasteiger partial charge on any atom is -0.319 e. The number of rotatable bonds is 2. The summed E-state index contributed by atoms with van der Waals surface area (Å²) >= 11 is 0. The SMILES string of the molecule is CCc1nc(C2(N)CCCCCC2)n[nH]1. The van der Waals surface area contributed by atoms with Crippen molar-refractivity contribution in [3.05, 3.63) is 11.6 Å². The Kier molecular flexibility index (Phi) is 3.05. The van der Waals surface area contributed by atoms with Crippen LogP contribution in [0.15, 0.2) is 0 Å². The predicted octanol–water partition coefficient (Wildman–Crippen LogP) is 1.88. The summed E-state index contributed by atoms with van der Waals surface area (Å²) in [7, 11) is 0. The second-order valence-electron chi connectivity index (χ2n) is 4.53. The maximum atomic E-state index is 6.40. The number of aromatic nitrogens is 3. The van der Waals surface area contributed by atoms with Crippen LogP contribution in [0.4, 0.5) is 0 Å². The maximum absolute atomic E-state index is 6.40. The van der Waals surface area contributed by atoms with Crippen molar-refractivity contribution < 1.29 is 0 Å². The minimum atomic E-state index is -0.277. The van der Waals surface area contributed by atoms with E-state index in [9.17, 15) is 0 Å². The van der Waals surface area contributed by atoms with Crippen LogP contribution in [0.5, 0.6) is 0 Å². The molecule has 0 unspecified atom stereocenters. The molecule has 0 aliphatic heterocycles. The van der Waals surface area contributed by atoms with E-state index in [0.717, 1.165) is 30.9 Å². The van der Waals surface area contributed by atoms with Crippen molar-refractivity contribution in [1.82, 2.24) is 15.2 Å². The number of nitrogens with zero attached hydrogens (tertiary/aromatic N) is 2. The van der Waals surface area contributed by atoms with Gasteiger partial charge in [-0.3, -0.25) is 5.10 Å². The Labute approximate surface area is 90.7 Å². The van der Waals surface area contributed by atoms with Crippen LogP contribution in [0.3, 0.4) is 0 Å². The lowest BCUT2D eigenvalue weighted by Gasteiger charge is -2.24. The van der Waals surface area contributed by atoms with Crippen LogP contribution in [-0.2, 0) is 12.0 Å². The van der Waals surface area contributed by atoms with E-state index in [1.54, 1.807) is 0 Å². The fraction of sp³-hybridized carbons (Fsp3) is 0.818. The molecular formula is C11H20N4. The van der Waals surface area contributed by atoms with Crippen molar-refractivity contribution >= 4 is 0 Å². The van der Waals surface area contributed by atoms with Gasteiger partial charge in [0.25, 0.3) is 0 Å². The molecule has 2 rings (SSSR count). The summed E-state index contributed by atoms with van der Waals surface area (Å²) in [5.74, 6) is 1.76. The van der Waals surface area contributed by atoms with Crippen LogP contribution in [0.2, 0.25) is 0 Å². The minimum absolute atomic E-state index is 0.277. The second-order valence-corrected chi connectivity index (χ2v) is 4.53. The van der Waals surface area contributed by atoms with Crippen molar-refractivity contribution in [3.63, 3.8) is 0 Å². The van der Waals surface area contributed by atoms with Gasteiger partial charge in [0.1, 0.15) is 5.82 Å². The van der Waals surface area contributed by atoms with Gasteiger partial charge in [0, 0.05) is 6.42 Å². The molecule has 1 heterocycles. The molecule has 1 aliphatic rings. The van der Waals surface area contributed by atoms with E-state index in [4.69, 9.17) is 5.73 Å². The van der Waals surface area contributed by atoms with Crippen LogP contribution in [-0.4, -0.2) is 15.2 Å². The van der Waals surface area contributed by atoms with Gasteiger partial charge in [-0.05, 0) is 12.8 Å². The molecule has 3 N–H and O–H groups in total. The highest BCUT2D eigenvalue weighted by atomic mass is 15.2. The van der Waals surface area contributed by atoms with Crippen LogP contribution in [0.25, 0.3) is 0 Å². The van der Waals surface area contributed by atoms with Gasteiger partial charge in [0.05, 0.1) is 5.54 Å². The first-order valence-electron chi connectivity index (χ1n) is 5.95. The molecule has 0 saturated heterocycles. The van der Waals surface area contributed by atoms with Crippen molar-refractivity contribution in [1.29, 1.82) is 0 Å². The molecule has 1 aromatic heterocycles. The highest BCUT2D eigenvalue weighted by Crippen LogP contribution is 2.31. The number of H-pyrrole nitrogens is 1. The summed E-state index contributed by atoms with van der Waals surface area (Å²) in [4.78, 5) is 4.47. The molecule has 1 fully saturated rings. The highest BCUT2D eigenvalue weighted by molar-refractivity contribution is 5.06. The molecule has 0 aromatic carbocycles. The number of aryl methyl sites for hydroxylation is 1. The number of hydrogen-bond donors (Lipinski definition) is 2. The largest absolute Gasteiger partial charge is 0.319 e. The molecule has 0 amide bonds. The third-order valence-corrected chi connectivity index (χ3v) is 3.31. The summed E-state index contributed by atoms with van der Waals surface area (Å²) in [5, 5.41) is 7.22. The van der Waals surface area contributed by atoms with E-state index in [0.29, 0.717) is 0 Å². The molecule has 0 atom stereocenters. The second kappa shape index (κ2) is 4.31. The van der Waals surface area contributed by atoms with E-state index in [1.807, 2.05) is 0 Å². The number of aromatic amines is 1. The van der Waals surface area contributed by atoms with Crippen LogP contribution >= 0.6 is 0 Å². The summed E-state index contributed by atoms with van der Waals surface area (Å²) in [6, 6.07) is 0. The summed E-state index contributed by atoms with van der Waals surface area (Å²) < 4.78 is 0. The van der Waals surface area contributed by atoms with Crippen LogP contribution < -0.4 is 5.73 Å². The van der Waals surface area contributed by atoms with Gasteiger partial charge in [0.15, 0.2) is 5.82 Å². The zero-order valence-electron chi connectivity index (χ0n) is 9.42. The molecule has 4 nitrogen and oxygen atoms in total. The molecule has 0 spiro atoms. The molecule has 1 aromatic rings. The lowest BCUT2D eigenvalue weighted by Crippen LogP contribution is -2.37. The fourth-order valence-corrected chi connectivity index (χ4v) is 2.26. The van der Waals surface area contributed by atoms with E-state index in [-0.39, 0.29) is 5.54 Å². The molecule has 84 valence electrons. The Morgan fingerprint density at radius 2 is 1.93 bits per heavy atom. The Morgan fingerprint density at radius 1 is 1.27 bits per heavy atom. The summed E-state index contributed by atoms with van der Waals surface area (Å²) in [6.07, 6.45) is 7.93. The molecule has 1 saturated carbocycles. The predicted molar refractivity (Wildman–Crippen MR) is 59.3 cm³/mol. The van der Waals surface area contributed by atoms with Gasteiger partial charge in [0.2, 0.25) is 0 Å². The van der Waals surface area contributed by atoms with Gasteiger partial charge in [-0.2, -0.15) is 5.10 Å². The topological polar surface area (TPSA) is 67.6 Å². The van der Waals surface area contributed by atoms with Gasteiger partial charge < -0.3 is 5.73 Å². The molecule has 15 heavy (non-hydrogen) atoms. The van der Waals surface area contributed by atoms with E-state index < -0.39 is 0 Å². The molecule has 4 heteroatoms. The third-order valence-electron chi connectivity index (χ3n) is 3.31. The smallest absolute Gasteiger partial charge is 0.170 e. The van der Waals surface area contributed by atoms with Crippen LogP contribution in [0, 0.1) is 0 Å². The van der Waals surface area contributed by atoms with E-state index in [2.05, 4.69) is 22.1 Å². The van der Waals surface area contributed by atoms with E-state index in [1.165, 1.54) is 25.7 Å². The average Bonchev–Trinajstić information content (AvgIpc) is 2.63. The Morgan fingerprint density at radius 3 is 2.47 bits per heavy atom. The Hall–Kier alpha value is -0.900. The zero-order valence-corrected chi connectivity index (χ0v) is 9.42. The van der Waals surface area contributed by atoms with Gasteiger partial charge in [-0.25, -0.2) is 4.98 Å². The first-order chi connectivity index (χ1) is 7.24. The first kappa shape index (κ1) is 10.6. The highest BCUT2D eigenvalue weighted by Gasteiger charge is 2.32. The third kappa shape index (κ3) is 2.20. The first-order valence-corrected chi connectivity index (χ1v) is 5.95. The standard InChI is InChI=1S/C11H20N4/c1-2-9-13-10(15-14-9)11(12)7-5-3-4-6-8-11/h2-8,12H2,1H3,(H,13,14,15). The van der Waals surface area contributed by atoms with Gasteiger partial charge in [-0.1, -0.05) is 32.6 Å². The van der Waals surface area contributed by atoms with Gasteiger partial charge >= 0.3 is 0 Å². The lowest BCUT2D eigenvalue weighted by molar-refractivity contribution is 0.363. The maximum Gasteiger partial charge on any atom is 0.170 e. The lowest BCUT2D eigenvalue weighted by atomic mass is 9.91. The van der Waals surface area contributed by atoms with Crippen molar-refractivity contribution in [2.24, 2.45) is 5.73 Å². The van der Waals surface area contributed by atoms with Crippen molar-refractivity contribution in [3.8, 4) is 0 Å². The summed E-state index contributed by atoms with van der Waals surface area (Å²) in [6.45, 7) is 2.07. The number of hydrogen-bond acceptors (Lipinski definition) is 3. The average molecular weight is 208 g/mol. The Balaban J connectivity index is 2.18. The zero-order chi connectivity index (χ0) is 10.7.